The van der Waals surface area contributed by atoms with E-state index < -0.39 is 11.8 Å². The van der Waals surface area contributed by atoms with Crippen molar-refractivity contribution in [3.63, 3.8) is 0 Å². The van der Waals surface area contributed by atoms with Crippen molar-refractivity contribution in [2.45, 2.75) is 32.8 Å². The maximum atomic E-state index is 12.0. The summed E-state index contributed by atoms with van der Waals surface area (Å²) < 4.78 is 5.74. The first kappa shape index (κ1) is 22.7. The topological polar surface area (TPSA) is 79.8 Å². The third kappa shape index (κ3) is 7.40. The van der Waals surface area contributed by atoms with Gasteiger partial charge in [-0.05, 0) is 65.9 Å². The smallest absolute Gasteiger partial charge is 0.329 e. The van der Waals surface area contributed by atoms with E-state index in [9.17, 15) is 9.59 Å². The van der Waals surface area contributed by atoms with Crippen molar-refractivity contribution in [3.8, 4) is 5.75 Å². The van der Waals surface area contributed by atoms with Crippen molar-refractivity contribution in [3.05, 3.63) is 95.6 Å². The molecule has 6 heteroatoms. The number of unbranched alkanes of at least 4 members (excludes halogenated alkanes) is 1. The fraction of sp³-hybridized carbons (Fsp3) is 0.192. The number of hydrazone groups is 1. The second kappa shape index (κ2) is 12.1. The summed E-state index contributed by atoms with van der Waals surface area (Å²) in [6.45, 7) is 2.63. The summed E-state index contributed by atoms with van der Waals surface area (Å²) in [5, 5.41) is 6.42. The van der Waals surface area contributed by atoms with Crippen LogP contribution in [0.25, 0.3) is 0 Å². The molecule has 0 bridgehead atoms. The average Bonchev–Trinajstić information content (AvgIpc) is 2.83. The molecule has 0 spiro atoms. The zero-order valence-electron chi connectivity index (χ0n) is 18.1. The SMILES string of the molecule is CCCCc1ccc(NC(=O)C(=O)N/N=C/c2ccc(OCc3ccccc3)cc2)cc1. The van der Waals surface area contributed by atoms with Gasteiger partial charge in [0.25, 0.3) is 0 Å². The Morgan fingerprint density at radius 1 is 0.875 bits per heavy atom. The lowest BCUT2D eigenvalue weighted by Crippen LogP contribution is -2.32. The van der Waals surface area contributed by atoms with E-state index >= 15 is 0 Å². The van der Waals surface area contributed by atoms with E-state index in [0.29, 0.717) is 12.3 Å². The van der Waals surface area contributed by atoms with E-state index in [4.69, 9.17) is 4.74 Å². The molecule has 0 aliphatic heterocycles. The van der Waals surface area contributed by atoms with Crippen LogP contribution in [-0.4, -0.2) is 18.0 Å². The van der Waals surface area contributed by atoms with Crippen LogP contribution in [0, 0.1) is 0 Å². The molecule has 0 fully saturated rings. The van der Waals surface area contributed by atoms with Crippen LogP contribution >= 0.6 is 0 Å². The number of carbonyl (C=O) groups excluding carboxylic acids is 2. The second-order valence-electron chi connectivity index (χ2n) is 7.30. The summed E-state index contributed by atoms with van der Waals surface area (Å²) in [7, 11) is 0. The number of benzene rings is 3. The van der Waals surface area contributed by atoms with E-state index in [0.717, 1.165) is 36.1 Å². The first-order valence-corrected chi connectivity index (χ1v) is 10.6. The first-order valence-electron chi connectivity index (χ1n) is 10.6. The number of hydrogen-bond donors (Lipinski definition) is 2. The number of hydrogen-bond acceptors (Lipinski definition) is 4. The molecule has 164 valence electrons. The summed E-state index contributed by atoms with van der Waals surface area (Å²) in [6.07, 6.45) is 4.72. The van der Waals surface area contributed by atoms with Gasteiger partial charge in [0.1, 0.15) is 12.4 Å². The van der Waals surface area contributed by atoms with Gasteiger partial charge in [-0.25, -0.2) is 5.43 Å². The van der Waals surface area contributed by atoms with Gasteiger partial charge in [-0.2, -0.15) is 5.10 Å². The molecular weight excluding hydrogens is 402 g/mol. The Morgan fingerprint density at radius 3 is 2.28 bits per heavy atom. The predicted molar refractivity (Wildman–Crippen MR) is 127 cm³/mol. The molecule has 0 unspecified atom stereocenters. The maximum Gasteiger partial charge on any atom is 0.329 e. The highest BCUT2D eigenvalue weighted by molar-refractivity contribution is 6.39. The molecule has 3 aromatic carbocycles. The molecule has 0 saturated carbocycles. The second-order valence-corrected chi connectivity index (χ2v) is 7.30. The minimum absolute atomic E-state index is 0.487. The van der Waals surface area contributed by atoms with Gasteiger partial charge in [-0.3, -0.25) is 9.59 Å². The van der Waals surface area contributed by atoms with Crippen LogP contribution in [0.5, 0.6) is 5.75 Å². The zero-order chi connectivity index (χ0) is 22.6. The number of aryl methyl sites for hydroxylation is 1. The first-order chi connectivity index (χ1) is 15.6. The Hall–Kier alpha value is -3.93. The van der Waals surface area contributed by atoms with E-state index in [1.54, 1.807) is 12.1 Å². The molecule has 3 aromatic rings. The largest absolute Gasteiger partial charge is 0.489 e. The summed E-state index contributed by atoms with van der Waals surface area (Å²) in [5.41, 5.74) is 5.87. The van der Waals surface area contributed by atoms with Gasteiger partial charge in [0.2, 0.25) is 0 Å². The van der Waals surface area contributed by atoms with E-state index in [1.807, 2.05) is 66.7 Å². The van der Waals surface area contributed by atoms with Crippen LogP contribution < -0.4 is 15.5 Å². The van der Waals surface area contributed by atoms with Crippen LogP contribution in [0.4, 0.5) is 5.69 Å². The lowest BCUT2D eigenvalue weighted by molar-refractivity contribution is -0.136. The highest BCUT2D eigenvalue weighted by atomic mass is 16.5. The third-order valence-electron chi connectivity index (χ3n) is 4.75. The lowest BCUT2D eigenvalue weighted by Gasteiger charge is -2.06. The minimum Gasteiger partial charge on any atom is -0.489 e. The quantitative estimate of drug-likeness (QED) is 0.294. The van der Waals surface area contributed by atoms with E-state index in [1.165, 1.54) is 11.8 Å². The molecule has 0 heterocycles. The number of carbonyl (C=O) groups is 2. The van der Waals surface area contributed by atoms with Crippen LogP contribution in [-0.2, 0) is 22.6 Å². The van der Waals surface area contributed by atoms with Crippen molar-refractivity contribution in [2.24, 2.45) is 5.10 Å². The molecule has 3 rings (SSSR count). The normalized spacial score (nSPS) is 10.7. The Morgan fingerprint density at radius 2 is 1.59 bits per heavy atom. The summed E-state index contributed by atoms with van der Waals surface area (Å²) >= 11 is 0. The highest BCUT2D eigenvalue weighted by Crippen LogP contribution is 2.14. The number of nitrogens with zero attached hydrogens (tertiary/aromatic N) is 1. The summed E-state index contributed by atoms with van der Waals surface area (Å²) in [5.74, 6) is -0.873. The van der Waals surface area contributed by atoms with Gasteiger partial charge in [0.05, 0.1) is 6.21 Å². The molecule has 2 amide bonds. The standard InChI is InChI=1S/C26H27N3O3/c1-2-3-7-20-10-14-23(15-11-20)28-25(30)26(31)29-27-18-21-12-16-24(17-13-21)32-19-22-8-5-4-6-9-22/h4-6,8-18H,2-3,7,19H2,1H3,(H,28,30)(H,29,31)/b27-18+. The number of amides is 2. The van der Waals surface area contributed by atoms with Crippen molar-refractivity contribution in [1.29, 1.82) is 0 Å². The molecule has 0 atom stereocenters. The Balaban J connectivity index is 1.43. The van der Waals surface area contributed by atoms with Gasteiger partial charge in [0, 0.05) is 5.69 Å². The van der Waals surface area contributed by atoms with E-state index in [2.05, 4.69) is 22.8 Å². The predicted octanol–water partition coefficient (Wildman–Crippen LogP) is 4.70. The molecule has 0 aliphatic rings. The molecule has 2 N–H and O–H groups in total. The molecule has 6 nitrogen and oxygen atoms in total. The fourth-order valence-electron chi connectivity index (χ4n) is 2.93. The number of nitrogens with one attached hydrogen (secondary N) is 2. The molecule has 0 radical (unpaired) electrons. The van der Waals surface area contributed by atoms with E-state index in [-0.39, 0.29) is 0 Å². The molecular formula is C26H27N3O3. The van der Waals surface area contributed by atoms with Crippen LogP contribution in [0.1, 0.15) is 36.5 Å². The summed E-state index contributed by atoms with van der Waals surface area (Å²) in [6, 6.07) is 24.7. The zero-order valence-corrected chi connectivity index (χ0v) is 18.1. The number of rotatable bonds is 9. The van der Waals surface area contributed by atoms with Crippen molar-refractivity contribution in [2.75, 3.05) is 5.32 Å². The van der Waals surface area contributed by atoms with Crippen LogP contribution in [0.2, 0.25) is 0 Å². The molecule has 0 saturated heterocycles. The van der Waals surface area contributed by atoms with Crippen LogP contribution in [0.3, 0.4) is 0 Å². The average molecular weight is 430 g/mol. The third-order valence-corrected chi connectivity index (χ3v) is 4.75. The highest BCUT2D eigenvalue weighted by Gasteiger charge is 2.12. The number of ether oxygens (including phenoxy) is 1. The molecule has 0 aliphatic carbocycles. The minimum atomic E-state index is -0.834. The van der Waals surface area contributed by atoms with Crippen molar-refractivity contribution < 1.29 is 14.3 Å². The van der Waals surface area contributed by atoms with Gasteiger partial charge in [-0.15, -0.1) is 0 Å². The Bertz CT molecular complexity index is 1030. The van der Waals surface area contributed by atoms with Crippen LogP contribution in [0.15, 0.2) is 84.0 Å². The van der Waals surface area contributed by atoms with Gasteiger partial charge < -0.3 is 10.1 Å². The molecule has 32 heavy (non-hydrogen) atoms. The monoisotopic (exact) mass is 429 g/mol. The summed E-state index contributed by atoms with van der Waals surface area (Å²) in [4.78, 5) is 24.0. The van der Waals surface area contributed by atoms with Gasteiger partial charge >= 0.3 is 11.8 Å². The fourth-order valence-corrected chi connectivity index (χ4v) is 2.93. The van der Waals surface area contributed by atoms with Crippen molar-refractivity contribution in [1.82, 2.24) is 5.43 Å². The van der Waals surface area contributed by atoms with Gasteiger partial charge in [-0.1, -0.05) is 55.8 Å². The van der Waals surface area contributed by atoms with Gasteiger partial charge in [0.15, 0.2) is 0 Å². The Kier molecular flexibility index (Phi) is 8.57. The lowest BCUT2D eigenvalue weighted by atomic mass is 10.1. The van der Waals surface area contributed by atoms with Crippen molar-refractivity contribution >= 4 is 23.7 Å². The maximum absolute atomic E-state index is 12.0. The molecule has 0 aromatic heterocycles. The number of anilines is 1. The Labute approximate surface area is 188 Å².